The number of oxime groups is 1. The van der Waals surface area contributed by atoms with E-state index in [1.165, 1.54) is 38.5 Å². The molecule has 70 valence electrons. The highest BCUT2D eigenvalue weighted by molar-refractivity contribution is 5.56. The first-order valence-corrected chi connectivity index (χ1v) is 5.11. The Morgan fingerprint density at radius 2 is 2.17 bits per heavy atom. The van der Waals surface area contributed by atoms with Gasteiger partial charge in [-0.25, -0.2) is 0 Å². The summed E-state index contributed by atoms with van der Waals surface area (Å²) in [6.45, 7) is 2.19. The van der Waals surface area contributed by atoms with Crippen LogP contribution < -0.4 is 0 Å². The Morgan fingerprint density at radius 1 is 1.42 bits per heavy atom. The molecule has 0 heterocycles. The van der Waals surface area contributed by atoms with Gasteiger partial charge < -0.3 is 4.84 Å². The zero-order valence-corrected chi connectivity index (χ0v) is 7.96. The first-order valence-electron chi connectivity index (χ1n) is 5.11. The van der Waals surface area contributed by atoms with Crippen LogP contribution in [0, 0.1) is 0 Å². The van der Waals surface area contributed by atoms with Crippen molar-refractivity contribution >= 4 is 6.21 Å². The van der Waals surface area contributed by atoms with E-state index in [1.807, 2.05) is 6.21 Å². The number of hydrogen-bond donors (Lipinski definition) is 0. The van der Waals surface area contributed by atoms with Crippen molar-refractivity contribution in [3.05, 3.63) is 0 Å². The SMILES string of the molecule is CCCCC=NOC1CCCC1. The van der Waals surface area contributed by atoms with E-state index in [1.54, 1.807) is 0 Å². The van der Waals surface area contributed by atoms with E-state index >= 15 is 0 Å². The number of rotatable bonds is 5. The topological polar surface area (TPSA) is 21.6 Å². The maximum atomic E-state index is 5.32. The van der Waals surface area contributed by atoms with Gasteiger partial charge in [-0.1, -0.05) is 18.5 Å². The Balaban J connectivity index is 1.96. The van der Waals surface area contributed by atoms with Gasteiger partial charge in [-0.2, -0.15) is 0 Å². The second-order valence-electron chi connectivity index (χ2n) is 3.44. The first-order chi connectivity index (χ1) is 5.93. The van der Waals surface area contributed by atoms with Crippen LogP contribution in [0.5, 0.6) is 0 Å². The average Bonchev–Trinajstić information content (AvgIpc) is 2.57. The van der Waals surface area contributed by atoms with Crippen LogP contribution in [0.2, 0.25) is 0 Å². The van der Waals surface area contributed by atoms with Crippen LogP contribution in [0.1, 0.15) is 51.9 Å². The molecule has 0 aromatic carbocycles. The van der Waals surface area contributed by atoms with Crippen molar-refractivity contribution in [3.63, 3.8) is 0 Å². The quantitative estimate of drug-likeness (QED) is 0.352. The summed E-state index contributed by atoms with van der Waals surface area (Å²) >= 11 is 0. The molecule has 0 spiro atoms. The summed E-state index contributed by atoms with van der Waals surface area (Å²) in [5.41, 5.74) is 0. The molecule has 0 atom stereocenters. The fourth-order valence-electron chi connectivity index (χ4n) is 1.47. The predicted molar refractivity (Wildman–Crippen MR) is 51.4 cm³/mol. The molecule has 0 N–H and O–H groups in total. The van der Waals surface area contributed by atoms with E-state index in [4.69, 9.17) is 4.84 Å². The molecule has 1 aliphatic rings. The predicted octanol–water partition coefficient (Wildman–Crippen LogP) is 3.12. The fourth-order valence-corrected chi connectivity index (χ4v) is 1.47. The molecule has 12 heavy (non-hydrogen) atoms. The van der Waals surface area contributed by atoms with Crippen LogP contribution in [-0.2, 0) is 4.84 Å². The van der Waals surface area contributed by atoms with E-state index in [-0.39, 0.29) is 0 Å². The Hall–Kier alpha value is -0.530. The molecule has 0 aliphatic heterocycles. The Kier molecular flexibility index (Phi) is 4.81. The summed E-state index contributed by atoms with van der Waals surface area (Å²) in [6.07, 6.45) is 10.9. The number of hydrogen-bond acceptors (Lipinski definition) is 2. The van der Waals surface area contributed by atoms with Crippen molar-refractivity contribution in [1.82, 2.24) is 0 Å². The van der Waals surface area contributed by atoms with Crippen LogP contribution in [0.25, 0.3) is 0 Å². The lowest BCUT2D eigenvalue weighted by molar-refractivity contribution is 0.0652. The van der Waals surface area contributed by atoms with E-state index in [0.29, 0.717) is 6.10 Å². The van der Waals surface area contributed by atoms with Gasteiger partial charge >= 0.3 is 0 Å². The van der Waals surface area contributed by atoms with Crippen LogP contribution in [-0.4, -0.2) is 12.3 Å². The number of nitrogens with zero attached hydrogens (tertiary/aromatic N) is 1. The summed E-state index contributed by atoms with van der Waals surface area (Å²) in [7, 11) is 0. The average molecular weight is 169 g/mol. The second-order valence-corrected chi connectivity index (χ2v) is 3.44. The lowest BCUT2D eigenvalue weighted by Crippen LogP contribution is -2.02. The Morgan fingerprint density at radius 3 is 2.83 bits per heavy atom. The molecule has 1 rings (SSSR count). The first kappa shape index (κ1) is 9.56. The third-order valence-corrected chi connectivity index (χ3v) is 2.27. The van der Waals surface area contributed by atoms with Gasteiger partial charge in [0.15, 0.2) is 0 Å². The monoisotopic (exact) mass is 169 g/mol. The van der Waals surface area contributed by atoms with Crippen molar-refractivity contribution in [1.29, 1.82) is 0 Å². The maximum absolute atomic E-state index is 5.32. The minimum absolute atomic E-state index is 0.419. The molecule has 1 saturated carbocycles. The highest BCUT2D eigenvalue weighted by Crippen LogP contribution is 2.20. The molecular formula is C10H19NO. The van der Waals surface area contributed by atoms with Crippen LogP contribution in [0.15, 0.2) is 5.16 Å². The van der Waals surface area contributed by atoms with E-state index in [9.17, 15) is 0 Å². The molecular weight excluding hydrogens is 150 g/mol. The van der Waals surface area contributed by atoms with Crippen molar-refractivity contribution in [2.75, 3.05) is 0 Å². The largest absolute Gasteiger partial charge is 0.393 e. The van der Waals surface area contributed by atoms with Crippen LogP contribution in [0.4, 0.5) is 0 Å². The van der Waals surface area contributed by atoms with Crippen LogP contribution >= 0.6 is 0 Å². The maximum Gasteiger partial charge on any atom is 0.127 e. The van der Waals surface area contributed by atoms with Crippen molar-refractivity contribution in [2.24, 2.45) is 5.16 Å². The zero-order chi connectivity index (χ0) is 8.65. The van der Waals surface area contributed by atoms with Crippen molar-refractivity contribution < 1.29 is 4.84 Å². The zero-order valence-electron chi connectivity index (χ0n) is 7.96. The highest BCUT2D eigenvalue weighted by atomic mass is 16.6. The number of unbranched alkanes of at least 4 members (excludes halogenated alkanes) is 2. The van der Waals surface area contributed by atoms with Gasteiger partial charge in [0.25, 0.3) is 0 Å². The molecule has 1 fully saturated rings. The summed E-state index contributed by atoms with van der Waals surface area (Å²) in [5, 5.41) is 3.97. The third-order valence-electron chi connectivity index (χ3n) is 2.27. The smallest absolute Gasteiger partial charge is 0.127 e. The van der Waals surface area contributed by atoms with Gasteiger partial charge in [-0.3, -0.25) is 0 Å². The Bertz CT molecular complexity index is 128. The molecule has 0 saturated heterocycles. The molecule has 0 radical (unpaired) electrons. The molecule has 2 heteroatoms. The van der Waals surface area contributed by atoms with Crippen molar-refractivity contribution in [2.45, 2.75) is 58.0 Å². The molecule has 1 aliphatic carbocycles. The minimum atomic E-state index is 0.419. The fraction of sp³-hybridized carbons (Fsp3) is 0.900. The van der Waals surface area contributed by atoms with Gasteiger partial charge in [0.05, 0.1) is 0 Å². The molecule has 0 aromatic rings. The minimum Gasteiger partial charge on any atom is -0.393 e. The van der Waals surface area contributed by atoms with Gasteiger partial charge in [0.1, 0.15) is 6.10 Å². The normalized spacial score (nSPS) is 19.1. The summed E-state index contributed by atoms with van der Waals surface area (Å²) in [6, 6.07) is 0. The lowest BCUT2D eigenvalue weighted by Gasteiger charge is -2.04. The molecule has 2 nitrogen and oxygen atoms in total. The van der Waals surface area contributed by atoms with Crippen LogP contribution in [0.3, 0.4) is 0 Å². The van der Waals surface area contributed by atoms with Gasteiger partial charge in [-0.05, 0) is 38.5 Å². The van der Waals surface area contributed by atoms with Gasteiger partial charge in [0.2, 0.25) is 0 Å². The summed E-state index contributed by atoms with van der Waals surface area (Å²) in [5.74, 6) is 0. The molecule has 0 unspecified atom stereocenters. The summed E-state index contributed by atoms with van der Waals surface area (Å²) in [4.78, 5) is 5.32. The lowest BCUT2D eigenvalue weighted by atomic mass is 10.3. The third kappa shape index (κ3) is 3.74. The van der Waals surface area contributed by atoms with E-state index < -0.39 is 0 Å². The molecule has 0 aromatic heterocycles. The summed E-state index contributed by atoms with van der Waals surface area (Å²) < 4.78 is 0. The van der Waals surface area contributed by atoms with E-state index in [0.717, 1.165) is 6.42 Å². The molecule has 0 bridgehead atoms. The second kappa shape index (κ2) is 6.04. The molecule has 0 amide bonds. The van der Waals surface area contributed by atoms with Gasteiger partial charge in [0, 0.05) is 6.21 Å². The van der Waals surface area contributed by atoms with Gasteiger partial charge in [-0.15, -0.1) is 0 Å². The van der Waals surface area contributed by atoms with E-state index in [2.05, 4.69) is 12.1 Å². The highest BCUT2D eigenvalue weighted by Gasteiger charge is 2.15. The Labute approximate surface area is 75.0 Å². The van der Waals surface area contributed by atoms with Crippen molar-refractivity contribution in [3.8, 4) is 0 Å². The standard InChI is InChI=1S/C10H19NO/c1-2-3-6-9-11-12-10-7-4-5-8-10/h9-10H,2-8H2,1H3.